The van der Waals surface area contributed by atoms with Gasteiger partial charge in [-0.05, 0) is 41.5 Å². The largest absolute Gasteiger partial charge is 0.462 e. The van der Waals surface area contributed by atoms with Crippen LogP contribution in [0.3, 0.4) is 0 Å². The van der Waals surface area contributed by atoms with E-state index in [9.17, 15) is 14.4 Å². The van der Waals surface area contributed by atoms with Crippen LogP contribution in [0.2, 0.25) is 0 Å². The molecule has 0 rings (SSSR count). The summed E-state index contributed by atoms with van der Waals surface area (Å²) in [6, 6.07) is 0. The smallest absolute Gasteiger partial charge is 0.311 e. The quantitative estimate of drug-likeness (QED) is 0.400. The first-order chi connectivity index (χ1) is 10.3. The van der Waals surface area contributed by atoms with E-state index in [1.807, 2.05) is 0 Å². The molecule has 0 spiro atoms. The molecule has 23 heavy (non-hydrogen) atoms. The Kier molecular flexibility index (Phi) is 8.23. The summed E-state index contributed by atoms with van der Waals surface area (Å²) in [5, 5.41) is 0. The minimum atomic E-state index is -0.716. The molecular formula is C16H28O7. The van der Waals surface area contributed by atoms with Crippen molar-refractivity contribution in [3.05, 3.63) is 0 Å². The number of rotatable bonds is 7. The Balaban J connectivity index is 4.53. The van der Waals surface area contributed by atoms with Crippen LogP contribution in [0.1, 0.15) is 48.5 Å². The lowest BCUT2D eigenvalue weighted by atomic mass is 9.97. The zero-order valence-electron chi connectivity index (χ0n) is 15.1. The summed E-state index contributed by atoms with van der Waals surface area (Å²) in [6.45, 7) is 11.1. The van der Waals surface area contributed by atoms with E-state index in [4.69, 9.17) is 14.2 Å². The fourth-order valence-corrected chi connectivity index (χ4v) is 1.13. The Bertz CT molecular complexity index is 385. The maximum Gasteiger partial charge on any atom is 0.311 e. The van der Waals surface area contributed by atoms with Gasteiger partial charge in [0.15, 0.2) is 6.79 Å². The molecule has 7 nitrogen and oxygen atoms in total. The van der Waals surface area contributed by atoms with Gasteiger partial charge in [0.25, 0.3) is 0 Å². The first-order valence-corrected chi connectivity index (χ1v) is 7.43. The van der Waals surface area contributed by atoms with Crippen molar-refractivity contribution in [2.24, 2.45) is 10.8 Å². The van der Waals surface area contributed by atoms with E-state index in [2.05, 4.69) is 4.74 Å². The van der Waals surface area contributed by atoms with E-state index in [0.717, 1.165) is 0 Å². The van der Waals surface area contributed by atoms with Crippen LogP contribution < -0.4 is 0 Å². The third-order valence-corrected chi connectivity index (χ3v) is 2.59. The van der Waals surface area contributed by atoms with Gasteiger partial charge in [0, 0.05) is 6.92 Å². The Morgan fingerprint density at radius 1 is 0.783 bits per heavy atom. The lowest BCUT2D eigenvalue weighted by molar-refractivity contribution is -0.178. The summed E-state index contributed by atoms with van der Waals surface area (Å²) >= 11 is 0. The van der Waals surface area contributed by atoms with E-state index >= 15 is 0 Å². The minimum Gasteiger partial charge on any atom is -0.462 e. The van der Waals surface area contributed by atoms with E-state index < -0.39 is 34.8 Å². The van der Waals surface area contributed by atoms with Gasteiger partial charge in [-0.3, -0.25) is 14.4 Å². The molecule has 0 saturated heterocycles. The van der Waals surface area contributed by atoms with Gasteiger partial charge in [-0.25, -0.2) is 0 Å². The molecule has 0 bridgehead atoms. The third kappa shape index (κ3) is 9.89. The zero-order chi connectivity index (χ0) is 18.3. The highest BCUT2D eigenvalue weighted by Crippen LogP contribution is 2.17. The highest BCUT2D eigenvalue weighted by atomic mass is 16.7. The van der Waals surface area contributed by atoms with Crippen LogP contribution >= 0.6 is 0 Å². The summed E-state index contributed by atoms with van der Waals surface area (Å²) < 4.78 is 20.3. The predicted octanol–water partition coefficient (Wildman–Crippen LogP) is 2.07. The molecule has 0 fully saturated rings. The Hall–Kier alpha value is -1.63. The molecule has 0 atom stereocenters. The van der Waals surface area contributed by atoms with Gasteiger partial charge in [-0.1, -0.05) is 0 Å². The van der Waals surface area contributed by atoms with Crippen LogP contribution in [0.15, 0.2) is 0 Å². The lowest BCUT2D eigenvalue weighted by Crippen LogP contribution is -2.34. The van der Waals surface area contributed by atoms with Gasteiger partial charge in [0.1, 0.15) is 19.3 Å². The molecule has 0 aliphatic carbocycles. The van der Waals surface area contributed by atoms with Gasteiger partial charge < -0.3 is 18.9 Å². The van der Waals surface area contributed by atoms with Gasteiger partial charge in [-0.15, -0.1) is 0 Å². The second-order valence-corrected chi connectivity index (χ2v) is 7.24. The second-order valence-electron chi connectivity index (χ2n) is 7.24. The standard InChI is InChI=1S/C16H28O7/c1-11(17)22-10-23-12(8-20-13(18)15(2,3)4)9-21-14(19)16(5,6)7/h12H,8-10H2,1-7H3. The Labute approximate surface area is 137 Å². The summed E-state index contributed by atoms with van der Waals surface area (Å²) in [6.07, 6.45) is -0.716. The number of ether oxygens (including phenoxy) is 4. The number of hydrogen-bond acceptors (Lipinski definition) is 7. The minimum absolute atomic E-state index is 0.102. The fraction of sp³-hybridized carbons (Fsp3) is 0.812. The summed E-state index contributed by atoms with van der Waals surface area (Å²) in [7, 11) is 0. The van der Waals surface area contributed by atoms with Crippen molar-refractivity contribution >= 4 is 17.9 Å². The van der Waals surface area contributed by atoms with E-state index in [1.54, 1.807) is 41.5 Å². The monoisotopic (exact) mass is 332 g/mol. The van der Waals surface area contributed by atoms with Crippen molar-refractivity contribution in [2.45, 2.75) is 54.6 Å². The van der Waals surface area contributed by atoms with Crippen molar-refractivity contribution in [2.75, 3.05) is 20.0 Å². The molecule has 0 aliphatic heterocycles. The van der Waals surface area contributed by atoms with E-state index in [-0.39, 0.29) is 20.0 Å². The maximum absolute atomic E-state index is 11.8. The van der Waals surface area contributed by atoms with Gasteiger partial charge in [0.2, 0.25) is 0 Å². The molecule has 0 aliphatic rings. The molecule has 7 heteroatoms. The molecule has 0 aromatic rings. The lowest BCUT2D eigenvalue weighted by Gasteiger charge is -2.23. The van der Waals surface area contributed by atoms with Crippen molar-refractivity contribution in [3.63, 3.8) is 0 Å². The summed E-state index contributed by atoms with van der Waals surface area (Å²) in [5.74, 6) is -1.30. The summed E-state index contributed by atoms with van der Waals surface area (Å²) in [4.78, 5) is 34.3. The van der Waals surface area contributed by atoms with Crippen LogP contribution in [0.5, 0.6) is 0 Å². The molecule has 0 unspecified atom stereocenters. The highest BCUT2D eigenvalue weighted by Gasteiger charge is 2.27. The SMILES string of the molecule is CC(=O)OCOC(COC(=O)C(C)(C)C)COC(=O)C(C)(C)C. The average Bonchev–Trinajstić information content (AvgIpc) is 2.37. The van der Waals surface area contributed by atoms with Crippen LogP contribution in [-0.4, -0.2) is 44.0 Å². The second kappa shape index (κ2) is 8.86. The molecule has 0 saturated carbocycles. The molecule has 0 aromatic heterocycles. The molecule has 0 aromatic carbocycles. The van der Waals surface area contributed by atoms with Gasteiger partial charge in [0.05, 0.1) is 10.8 Å². The molecule has 0 radical (unpaired) electrons. The van der Waals surface area contributed by atoms with Crippen LogP contribution in [0.4, 0.5) is 0 Å². The summed E-state index contributed by atoms with van der Waals surface area (Å²) in [5.41, 5.74) is -1.30. The number of carbonyl (C=O) groups is 3. The molecule has 0 amide bonds. The number of carbonyl (C=O) groups excluding carboxylic acids is 3. The first kappa shape index (κ1) is 21.4. The van der Waals surface area contributed by atoms with Crippen molar-refractivity contribution < 1.29 is 33.3 Å². The van der Waals surface area contributed by atoms with Crippen molar-refractivity contribution in [1.82, 2.24) is 0 Å². The first-order valence-electron chi connectivity index (χ1n) is 7.43. The average molecular weight is 332 g/mol. The molecule has 0 heterocycles. The highest BCUT2D eigenvalue weighted by molar-refractivity contribution is 5.75. The van der Waals surface area contributed by atoms with Crippen molar-refractivity contribution in [1.29, 1.82) is 0 Å². The number of hydrogen-bond donors (Lipinski definition) is 0. The molecular weight excluding hydrogens is 304 g/mol. The Morgan fingerprint density at radius 3 is 1.48 bits per heavy atom. The zero-order valence-corrected chi connectivity index (χ0v) is 15.1. The molecule has 134 valence electrons. The normalized spacial score (nSPS) is 12.0. The topological polar surface area (TPSA) is 88.1 Å². The van der Waals surface area contributed by atoms with Crippen LogP contribution in [-0.2, 0) is 33.3 Å². The van der Waals surface area contributed by atoms with Crippen LogP contribution in [0.25, 0.3) is 0 Å². The predicted molar refractivity (Wildman–Crippen MR) is 82.3 cm³/mol. The van der Waals surface area contributed by atoms with Gasteiger partial charge in [-0.2, -0.15) is 0 Å². The molecule has 0 N–H and O–H groups in total. The fourth-order valence-electron chi connectivity index (χ4n) is 1.13. The van der Waals surface area contributed by atoms with E-state index in [1.165, 1.54) is 6.92 Å². The van der Waals surface area contributed by atoms with Gasteiger partial charge >= 0.3 is 17.9 Å². The number of esters is 3. The Morgan fingerprint density at radius 2 is 1.17 bits per heavy atom. The maximum atomic E-state index is 11.8. The van der Waals surface area contributed by atoms with Crippen LogP contribution in [0, 0.1) is 10.8 Å². The van der Waals surface area contributed by atoms with E-state index in [0.29, 0.717) is 0 Å². The van der Waals surface area contributed by atoms with Crippen molar-refractivity contribution in [3.8, 4) is 0 Å². The third-order valence-electron chi connectivity index (χ3n) is 2.59.